The molecule has 0 aromatic carbocycles. The summed E-state index contributed by atoms with van der Waals surface area (Å²) < 4.78 is 12.1. The highest BCUT2D eigenvalue weighted by molar-refractivity contribution is 4.99. The van der Waals surface area contributed by atoms with Crippen molar-refractivity contribution in [2.75, 3.05) is 26.3 Å². The SMILES string of the molecule is FCCN1CC2CC=CCC2C1. The van der Waals surface area contributed by atoms with Crippen molar-refractivity contribution in [3.05, 3.63) is 12.2 Å². The lowest BCUT2D eigenvalue weighted by atomic mass is 9.86. The van der Waals surface area contributed by atoms with Crippen LogP contribution >= 0.6 is 0 Å². The third-order valence-electron chi connectivity index (χ3n) is 3.10. The van der Waals surface area contributed by atoms with E-state index in [4.69, 9.17) is 0 Å². The second-order valence-corrected chi connectivity index (χ2v) is 3.91. The van der Waals surface area contributed by atoms with E-state index in [1.807, 2.05) is 0 Å². The van der Waals surface area contributed by atoms with E-state index in [1.165, 1.54) is 12.8 Å². The second-order valence-electron chi connectivity index (χ2n) is 3.91. The minimum absolute atomic E-state index is 0.188. The highest BCUT2D eigenvalue weighted by Gasteiger charge is 2.31. The molecule has 1 aliphatic carbocycles. The van der Waals surface area contributed by atoms with Crippen LogP contribution in [0.4, 0.5) is 4.39 Å². The lowest BCUT2D eigenvalue weighted by Crippen LogP contribution is -2.23. The van der Waals surface area contributed by atoms with E-state index in [1.54, 1.807) is 0 Å². The molecule has 0 bridgehead atoms. The number of rotatable bonds is 2. The number of allylic oxidation sites excluding steroid dienone is 2. The summed E-state index contributed by atoms with van der Waals surface area (Å²) in [5.74, 6) is 1.64. The molecule has 2 atom stereocenters. The van der Waals surface area contributed by atoms with Gasteiger partial charge in [0, 0.05) is 19.6 Å². The molecular weight excluding hydrogens is 153 g/mol. The van der Waals surface area contributed by atoms with E-state index >= 15 is 0 Å². The van der Waals surface area contributed by atoms with Gasteiger partial charge in [-0.2, -0.15) is 0 Å². The summed E-state index contributed by atoms with van der Waals surface area (Å²) in [6.07, 6.45) is 6.99. The van der Waals surface area contributed by atoms with E-state index in [0.29, 0.717) is 6.54 Å². The molecule has 0 radical (unpaired) electrons. The number of fused-ring (bicyclic) bond motifs is 1. The molecule has 2 unspecified atom stereocenters. The molecule has 2 heteroatoms. The topological polar surface area (TPSA) is 3.24 Å². The minimum atomic E-state index is -0.188. The first-order valence-electron chi connectivity index (χ1n) is 4.83. The molecule has 1 saturated heterocycles. The molecule has 1 nitrogen and oxygen atoms in total. The lowest BCUT2D eigenvalue weighted by Gasteiger charge is -2.18. The summed E-state index contributed by atoms with van der Waals surface area (Å²) in [5, 5.41) is 0. The van der Waals surface area contributed by atoms with Crippen LogP contribution in [0.2, 0.25) is 0 Å². The van der Waals surface area contributed by atoms with Gasteiger partial charge in [0.1, 0.15) is 6.67 Å². The zero-order valence-electron chi connectivity index (χ0n) is 7.38. The first-order chi connectivity index (χ1) is 5.90. The normalized spacial score (nSPS) is 35.4. The highest BCUT2D eigenvalue weighted by Crippen LogP contribution is 2.32. The van der Waals surface area contributed by atoms with Gasteiger partial charge in [0.25, 0.3) is 0 Å². The fourth-order valence-electron chi connectivity index (χ4n) is 2.41. The monoisotopic (exact) mass is 169 g/mol. The Morgan fingerprint density at radius 1 is 1.17 bits per heavy atom. The molecule has 2 aliphatic rings. The van der Waals surface area contributed by atoms with Crippen molar-refractivity contribution in [2.45, 2.75) is 12.8 Å². The van der Waals surface area contributed by atoms with Gasteiger partial charge in [0.15, 0.2) is 0 Å². The molecule has 1 heterocycles. The molecule has 1 fully saturated rings. The number of likely N-dealkylation sites (tertiary alicyclic amines) is 1. The molecule has 0 amide bonds. The summed E-state index contributed by atoms with van der Waals surface area (Å²) in [6.45, 7) is 2.71. The number of hydrogen-bond acceptors (Lipinski definition) is 1. The summed E-state index contributed by atoms with van der Waals surface area (Å²) in [4.78, 5) is 2.27. The first-order valence-corrected chi connectivity index (χ1v) is 4.83. The fourth-order valence-corrected chi connectivity index (χ4v) is 2.41. The summed E-state index contributed by atoms with van der Waals surface area (Å²) >= 11 is 0. The summed E-state index contributed by atoms with van der Waals surface area (Å²) in [5.41, 5.74) is 0. The molecule has 0 saturated carbocycles. The van der Waals surface area contributed by atoms with Crippen molar-refractivity contribution in [1.82, 2.24) is 4.90 Å². The summed E-state index contributed by atoms with van der Waals surface area (Å²) in [6, 6.07) is 0. The Balaban J connectivity index is 1.89. The van der Waals surface area contributed by atoms with Crippen LogP contribution in [0.25, 0.3) is 0 Å². The maximum absolute atomic E-state index is 12.1. The molecule has 0 aromatic heterocycles. The van der Waals surface area contributed by atoms with Gasteiger partial charge in [-0.25, -0.2) is 4.39 Å². The molecule has 1 aliphatic heterocycles. The second kappa shape index (κ2) is 3.56. The van der Waals surface area contributed by atoms with Gasteiger partial charge in [0.2, 0.25) is 0 Å². The molecular formula is C10H16FN. The Hall–Kier alpha value is -0.370. The van der Waals surface area contributed by atoms with Crippen LogP contribution in [-0.2, 0) is 0 Å². The van der Waals surface area contributed by atoms with Crippen molar-refractivity contribution in [1.29, 1.82) is 0 Å². The van der Waals surface area contributed by atoms with Crippen LogP contribution in [0.1, 0.15) is 12.8 Å². The van der Waals surface area contributed by atoms with E-state index in [-0.39, 0.29) is 6.67 Å². The fraction of sp³-hybridized carbons (Fsp3) is 0.800. The Kier molecular flexibility index (Phi) is 2.45. The van der Waals surface area contributed by atoms with Crippen molar-refractivity contribution in [3.63, 3.8) is 0 Å². The number of alkyl halides is 1. The quantitative estimate of drug-likeness (QED) is 0.570. The molecule has 0 N–H and O–H groups in total. The standard InChI is InChI=1S/C10H16FN/c11-5-6-12-7-9-3-1-2-4-10(9)8-12/h1-2,9-10H,3-8H2. The van der Waals surface area contributed by atoms with Crippen LogP contribution in [-0.4, -0.2) is 31.2 Å². The molecule has 2 rings (SSSR count). The maximum atomic E-state index is 12.1. The van der Waals surface area contributed by atoms with E-state index in [2.05, 4.69) is 17.1 Å². The summed E-state index contributed by atoms with van der Waals surface area (Å²) in [7, 11) is 0. The Morgan fingerprint density at radius 2 is 1.75 bits per heavy atom. The minimum Gasteiger partial charge on any atom is -0.300 e. The number of nitrogens with zero attached hydrogens (tertiary/aromatic N) is 1. The third-order valence-corrected chi connectivity index (χ3v) is 3.10. The molecule has 0 aromatic rings. The highest BCUT2D eigenvalue weighted by atomic mass is 19.1. The zero-order valence-corrected chi connectivity index (χ0v) is 7.38. The van der Waals surface area contributed by atoms with E-state index in [9.17, 15) is 4.39 Å². The van der Waals surface area contributed by atoms with Gasteiger partial charge < -0.3 is 4.90 Å². The smallest absolute Gasteiger partial charge is 0.102 e. The van der Waals surface area contributed by atoms with Crippen LogP contribution < -0.4 is 0 Å². The third kappa shape index (κ3) is 1.53. The number of hydrogen-bond donors (Lipinski definition) is 0. The lowest BCUT2D eigenvalue weighted by molar-refractivity contribution is 0.285. The average molecular weight is 169 g/mol. The van der Waals surface area contributed by atoms with E-state index in [0.717, 1.165) is 24.9 Å². The van der Waals surface area contributed by atoms with Crippen molar-refractivity contribution in [2.24, 2.45) is 11.8 Å². The van der Waals surface area contributed by atoms with Gasteiger partial charge in [-0.15, -0.1) is 0 Å². The van der Waals surface area contributed by atoms with Crippen molar-refractivity contribution < 1.29 is 4.39 Å². The van der Waals surface area contributed by atoms with Crippen LogP contribution in [0.5, 0.6) is 0 Å². The van der Waals surface area contributed by atoms with Crippen LogP contribution in [0.3, 0.4) is 0 Å². The van der Waals surface area contributed by atoms with Crippen molar-refractivity contribution >= 4 is 0 Å². The molecule has 68 valence electrons. The first kappa shape index (κ1) is 8.24. The largest absolute Gasteiger partial charge is 0.300 e. The molecule has 0 spiro atoms. The van der Waals surface area contributed by atoms with Crippen molar-refractivity contribution in [3.8, 4) is 0 Å². The maximum Gasteiger partial charge on any atom is 0.102 e. The van der Waals surface area contributed by atoms with E-state index < -0.39 is 0 Å². The number of halogens is 1. The predicted molar refractivity (Wildman–Crippen MR) is 47.8 cm³/mol. The van der Waals surface area contributed by atoms with Crippen LogP contribution in [0, 0.1) is 11.8 Å². The zero-order chi connectivity index (χ0) is 8.39. The van der Waals surface area contributed by atoms with Crippen LogP contribution in [0.15, 0.2) is 12.2 Å². The van der Waals surface area contributed by atoms with Gasteiger partial charge in [-0.3, -0.25) is 0 Å². The van der Waals surface area contributed by atoms with Gasteiger partial charge in [-0.05, 0) is 24.7 Å². The van der Waals surface area contributed by atoms with Gasteiger partial charge >= 0.3 is 0 Å². The van der Waals surface area contributed by atoms with Gasteiger partial charge in [0.05, 0.1) is 0 Å². The van der Waals surface area contributed by atoms with Gasteiger partial charge in [-0.1, -0.05) is 12.2 Å². The Labute approximate surface area is 73.2 Å². The predicted octanol–water partition coefficient (Wildman–Crippen LogP) is 1.85. The Morgan fingerprint density at radius 3 is 2.25 bits per heavy atom. The Bertz CT molecular complexity index is 163. The average Bonchev–Trinajstić information content (AvgIpc) is 2.47. The molecule has 12 heavy (non-hydrogen) atoms.